The molecule has 21 heavy (non-hydrogen) atoms. The summed E-state index contributed by atoms with van der Waals surface area (Å²) in [5, 5.41) is 1.97. The van der Waals surface area contributed by atoms with Crippen molar-refractivity contribution < 1.29 is 0 Å². The Balaban J connectivity index is 2.35. The van der Waals surface area contributed by atoms with Crippen molar-refractivity contribution in [1.29, 1.82) is 0 Å². The standard InChI is InChI=1S/C17H14Cl2N2/c1-9-5-4-6-12(10(9)2)17-20-15-11(3)14(18)8-7-13(15)16(19)21-17/h4-8H,1-3H3. The Morgan fingerprint density at radius 3 is 2.38 bits per heavy atom. The van der Waals surface area contributed by atoms with Crippen LogP contribution in [0.15, 0.2) is 30.3 Å². The quantitative estimate of drug-likeness (QED) is 0.552. The molecule has 0 amide bonds. The zero-order valence-electron chi connectivity index (χ0n) is 12.0. The molecule has 0 saturated carbocycles. The summed E-state index contributed by atoms with van der Waals surface area (Å²) in [5.41, 5.74) is 5.09. The van der Waals surface area contributed by atoms with Gasteiger partial charge in [0.2, 0.25) is 0 Å². The summed E-state index contributed by atoms with van der Waals surface area (Å²) >= 11 is 12.5. The fraction of sp³-hybridized carbons (Fsp3) is 0.176. The van der Waals surface area contributed by atoms with Crippen LogP contribution in [0.25, 0.3) is 22.3 Å². The molecule has 1 heterocycles. The summed E-state index contributed by atoms with van der Waals surface area (Å²) in [6, 6.07) is 9.78. The van der Waals surface area contributed by atoms with Crippen LogP contribution in [0.5, 0.6) is 0 Å². The van der Waals surface area contributed by atoms with E-state index < -0.39 is 0 Å². The maximum Gasteiger partial charge on any atom is 0.161 e. The van der Waals surface area contributed by atoms with Gasteiger partial charge in [0.25, 0.3) is 0 Å². The maximum absolute atomic E-state index is 6.33. The molecule has 0 spiro atoms. The SMILES string of the molecule is Cc1cccc(-c2nc(Cl)c3ccc(Cl)c(C)c3n2)c1C. The minimum atomic E-state index is 0.454. The van der Waals surface area contributed by atoms with Crippen molar-refractivity contribution in [2.24, 2.45) is 0 Å². The largest absolute Gasteiger partial charge is 0.228 e. The van der Waals surface area contributed by atoms with Gasteiger partial charge in [0.1, 0.15) is 5.15 Å². The van der Waals surface area contributed by atoms with Gasteiger partial charge < -0.3 is 0 Å². The number of nitrogens with zero attached hydrogens (tertiary/aromatic N) is 2. The molecule has 0 aliphatic heterocycles. The Bertz CT molecular complexity index is 857. The molecule has 0 radical (unpaired) electrons. The average molecular weight is 317 g/mol. The van der Waals surface area contributed by atoms with Gasteiger partial charge in [-0.2, -0.15) is 0 Å². The fourth-order valence-electron chi connectivity index (χ4n) is 2.38. The molecule has 2 aromatic carbocycles. The van der Waals surface area contributed by atoms with Crippen LogP contribution in [-0.2, 0) is 0 Å². The molecule has 0 bridgehead atoms. The zero-order chi connectivity index (χ0) is 15.1. The van der Waals surface area contributed by atoms with Gasteiger partial charge in [-0.05, 0) is 49.6 Å². The van der Waals surface area contributed by atoms with Gasteiger partial charge in [-0.25, -0.2) is 9.97 Å². The number of hydrogen-bond donors (Lipinski definition) is 0. The van der Waals surface area contributed by atoms with E-state index in [9.17, 15) is 0 Å². The van der Waals surface area contributed by atoms with E-state index in [2.05, 4.69) is 29.9 Å². The van der Waals surface area contributed by atoms with Gasteiger partial charge in [0.05, 0.1) is 5.52 Å². The number of aryl methyl sites for hydroxylation is 2. The number of fused-ring (bicyclic) bond motifs is 1. The highest BCUT2D eigenvalue weighted by Gasteiger charge is 2.13. The second-order valence-electron chi connectivity index (χ2n) is 5.15. The molecular formula is C17H14Cl2N2. The van der Waals surface area contributed by atoms with Crippen molar-refractivity contribution in [2.45, 2.75) is 20.8 Å². The second kappa shape index (κ2) is 5.28. The number of benzene rings is 2. The lowest BCUT2D eigenvalue weighted by Crippen LogP contribution is -1.96. The van der Waals surface area contributed by atoms with E-state index in [1.54, 1.807) is 0 Å². The molecule has 0 aliphatic rings. The lowest BCUT2D eigenvalue weighted by molar-refractivity contribution is 1.20. The Kier molecular flexibility index (Phi) is 3.60. The van der Waals surface area contributed by atoms with Crippen LogP contribution in [0.3, 0.4) is 0 Å². The third-order valence-corrected chi connectivity index (χ3v) is 4.55. The van der Waals surface area contributed by atoms with E-state index >= 15 is 0 Å². The molecule has 0 aliphatic carbocycles. The molecule has 1 aromatic heterocycles. The Morgan fingerprint density at radius 2 is 1.62 bits per heavy atom. The molecule has 0 atom stereocenters. The van der Waals surface area contributed by atoms with Crippen molar-refractivity contribution >= 4 is 34.1 Å². The average Bonchev–Trinajstić information content (AvgIpc) is 2.46. The van der Waals surface area contributed by atoms with E-state index in [1.165, 1.54) is 5.56 Å². The minimum Gasteiger partial charge on any atom is -0.228 e. The third kappa shape index (κ3) is 2.39. The van der Waals surface area contributed by atoms with Crippen molar-refractivity contribution in [3.05, 3.63) is 57.2 Å². The van der Waals surface area contributed by atoms with Crippen LogP contribution in [-0.4, -0.2) is 9.97 Å². The van der Waals surface area contributed by atoms with E-state index in [-0.39, 0.29) is 0 Å². The van der Waals surface area contributed by atoms with Crippen LogP contribution in [0.1, 0.15) is 16.7 Å². The maximum atomic E-state index is 6.33. The molecule has 106 valence electrons. The third-order valence-electron chi connectivity index (χ3n) is 3.85. The molecule has 4 heteroatoms. The van der Waals surface area contributed by atoms with Gasteiger partial charge in [-0.15, -0.1) is 0 Å². The van der Waals surface area contributed by atoms with Crippen LogP contribution < -0.4 is 0 Å². The Morgan fingerprint density at radius 1 is 0.857 bits per heavy atom. The second-order valence-corrected chi connectivity index (χ2v) is 5.92. The monoisotopic (exact) mass is 316 g/mol. The lowest BCUT2D eigenvalue weighted by atomic mass is 10.0. The summed E-state index contributed by atoms with van der Waals surface area (Å²) in [4.78, 5) is 9.14. The smallest absolute Gasteiger partial charge is 0.161 e. The highest BCUT2D eigenvalue weighted by atomic mass is 35.5. The van der Waals surface area contributed by atoms with Crippen LogP contribution >= 0.6 is 23.2 Å². The molecule has 3 rings (SSSR count). The lowest BCUT2D eigenvalue weighted by Gasteiger charge is -2.10. The van der Waals surface area contributed by atoms with Gasteiger partial charge in [-0.1, -0.05) is 41.4 Å². The summed E-state index contributed by atoms with van der Waals surface area (Å²) in [5.74, 6) is 0.638. The van der Waals surface area contributed by atoms with Crippen LogP contribution in [0.4, 0.5) is 0 Å². The van der Waals surface area contributed by atoms with Crippen LogP contribution in [0, 0.1) is 20.8 Å². The van der Waals surface area contributed by atoms with E-state index in [4.69, 9.17) is 23.2 Å². The highest BCUT2D eigenvalue weighted by Crippen LogP contribution is 2.31. The first kappa shape index (κ1) is 14.3. The Hall–Kier alpha value is -1.64. The van der Waals surface area contributed by atoms with Crippen molar-refractivity contribution in [3.63, 3.8) is 0 Å². The first-order valence-electron chi connectivity index (χ1n) is 6.68. The number of rotatable bonds is 1. The molecule has 0 saturated heterocycles. The number of halogens is 2. The molecule has 2 nitrogen and oxygen atoms in total. The van der Waals surface area contributed by atoms with Gasteiger partial charge in [-0.3, -0.25) is 0 Å². The zero-order valence-corrected chi connectivity index (χ0v) is 13.5. The first-order valence-corrected chi connectivity index (χ1v) is 7.43. The number of hydrogen-bond acceptors (Lipinski definition) is 2. The predicted molar refractivity (Wildman–Crippen MR) is 89.2 cm³/mol. The topological polar surface area (TPSA) is 25.8 Å². The minimum absolute atomic E-state index is 0.454. The summed E-state index contributed by atoms with van der Waals surface area (Å²) in [6.07, 6.45) is 0. The number of aromatic nitrogens is 2. The van der Waals surface area contributed by atoms with Gasteiger partial charge >= 0.3 is 0 Å². The first-order chi connectivity index (χ1) is 9.99. The van der Waals surface area contributed by atoms with Crippen molar-refractivity contribution in [2.75, 3.05) is 0 Å². The van der Waals surface area contributed by atoms with Crippen molar-refractivity contribution in [1.82, 2.24) is 9.97 Å². The summed E-state index contributed by atoms with van der Waals surface area (Å²) in [7, 11) is 0. The molecular weight excluding hydrogens is 303 g/mol. The molecule has 0 fully saturated rings. The molecule has 0 N–H and O–H groups in total. The highest BCUT2D eigenvalue weighted by molar-refractivity contribution is 6.35. The fourth-order valence-corrected chi connectivity index (χ4v) is 2.77. The summed E-state index contributed by atoms with van der Waals surface area (Å²) in [6.45, 7) is 6.08. The van der Waals surface area contributed by atoms with Gasteiger partial charge in [0, 0.05) is 16.0 Å². The van der Waals surface area contributed by atoms with E-state index in [0.29, 0.717) is 16.0 Å². The molecule has 0 unspecified atom stereocenters. The van der Waals surface area contributed by atoms with Crippen LogP contribution in [0.2, 0.25) is 10.2 Å². The normalized spacial score (nSPS) is 11.1. The predicted octanol–water partition coefficient (Wildman–Crippen LogP) is 5.53. The van der Waals surface area contributed by atoms with E-state index in [1.807, 2.05) is 31.2 Å². The van der Waals surface area contributed by atoms with Crippen molar-refractivity contribution in [3.8, 4) is 11.4 Å². The van der Waals surface area contributed by atoms with Gasteiger partial charge in [0.15, 0.2) is 5.82 Å². The van der Waals surface area contributed by atoms with E-state index in [0.717, 1.165) is 27.6 Å². The molecule has 3 aromatic rings. The summed E-state index contributed by atoms with van der Waals surface area (Å²) < 4.78 is 0. The Labute approximate surface area is 133 Å².